The molecule has 0 atom stereocenters. The van der Waals surface area contributed by atoms with Crippen LogP contribution in [0.3, 0.4) is 0 Å². The normalized spacial score (nSPS) is 11.1. The first-order chi connectivity index (χ1) is 8.18. The Morgan fingerprint density at radius 3 is 2.88 bits per heavy atom. The van der Waals surface area contributed by atoms with Gasteiger partial charge in [0.25, 0.3) is 0 Å². The van der Waals surface area contributed by atoms with Crippen molar-refractivity contribution in [3.8, 4) is 0 Å². The molecule has 0 aliphatic rings. The van der Waals surface area contributed by atoms with Crippen molar-refractivity contribution < 1.29 is 4.74 Å². The minimum atomic E-state index is 0.620. The van der Waals surface area contributed by atoms with Gasteiger partial charge in [0.15, 0.2) is 0 Å². The summed E-state index contributed by atoms with van der Waals surface area (Å²) in [6, 6.07) is 4.03. The molecule has 4 heteroatoms. The lowest BCUT2D eigenvalue weighted by molar-refractivity contribution is 0.108. The number of aromatic nitrogens is 1. The summed E-state index contributed by atoms with van der Waals surface area (Å²) in [4.78, 5) is 4.29. The third kappa shape index (κ3) is 7.47. The standard InChI is InChI=1S/C13H21BrN2O/c1-11(2)10-17-7-3-6-15-9-13-5-4-12(14)8-16-13/h4-5,8,11,15H,3,6-7,9-10H2,1-2H3. The van der Waals surface area contributed by atoms with E-state index in [-0.39, 0.29) is 0 Å². The SMILES string of the molecule is CC(C)COCCCNCc1ccc(Br)cn1. The molecule has 0 spiro atoms. The van der Waals surface area contributed by atoms with Crippen LogP contribution in [-0.2, 0) is 11.3 Å². The molecule has 0 fully saturated rings. The van der Waals surface area contributed by atoms with Crippen LogP contribution in [0.25, 0.3) is 0 Å². The highest BCUT2D eigenvalue weighted by Crippen LogP contribution is 2.06. The lowest BCUT2D eigenvalue weighted by Crippen LogP contribution is -2.17. The minimum Gasteiger partial charge on any atom is -0.381 e. The quantitative estimate of drug-likeness (QED) is 0.750. The van der Waals surface area contributed by atoms with Crippen molar-refractivity contribution in [2.75, 3.05) is 19.8 Å². The summed E-state index contributed by atoms with van der Waals surface area (Å²) in [7, 11) is 0. The van der Waals surface area contributed by atoms with Crippen LogP contribution in [0.15, 0.2) is 22.8 Å². The topological polar surface area (TPSA) is 34.1 Å². The van der Waals surface area contributed by atoms with Crippen molar-refractivity contribution in [2.24, 2.45) is 5.92 Å². The molecule has 0 unspecified atom stereocenters. The van der Waals surface area contributed by atoms with Crippen LogP contribution in [-0.4, -0.2) is 24.7 Å². The highest BCUT2D eigenvalue weighted by molar-refractivity contribution is 9.10. The monoisotopic (exact) mass is 300 g/mol. The summed E-state index contributed by atoms with van der Waals surface area (Å²) in [5, 5.41) is 3.35. The average Bonchev–Trinajstić information content (AvgIpc) is 2.30. The second-order valence-electron chi connectivity index (χ2n) is 4.47. The fraction of sp³-hybridized carbons (Fsp3) is 0.615. The van der Waals surface area contributed by atoms with E-state index in [2.05, 4.69) is 40.1 Å². The number of pyridine rings is 1. The molecule has 0 radical (unpaired) electrons. The molecule has 96 valence electrons. The zero-order chi connectivity index (χ0) is 12.5. The van der Waals surface area contributed by atoms with E-state index < -0.39 is 0 Å². The Labute approximate surface area is 112 Å². The lowest BCUT2D eigenvalue weighted by Gasteiger charge is -2.07. The first-order valence-electron chi connectivity index (χ1n) is 6.07. The highest BCUT2D eigenvalue weighted by atomic mass is 79.9. The average molecular weight is 301 g/mol. The van der Waals surface area contributed by atoms with Gasteiger partial charge in [0.1, 0.15) is 0 Å². The molecule has 0 aliphatic heterocycles. The predicted octanol–water partition coefficient (Wildman–Crippen LogP) is 3.00. The molecule has 0 aromatic carbocycles. The summed E-state index contributed by atoms with van der Waals surface area (Å²) in [5.74, 6) is 0.620. The number of nitrogens with one attached hydrogen (secondary N) is 1. The van der Waals surface area contributed by atoms with Crippen molar-refractivity contribution in [3.63, 3.8) is 0 Å². The maximum Gasteiger partial charge on any atom is 0.0542 e. The maximum absolute atomic E-state index is 5.50. The second-order valence-corrected chi connectivity index (χ2v) is 5.38. The van der Waals surface area contributed by atoms with Gasteiger partial charge in [-0.15, -0.1) is 0 Å². The Balaban J connectivity index is 1.99. The van der Waals surface area contributed by atoms with E-state index in [1.807, 2.05) is 18.3 Å². The molecule has 1 aromatic heterocycles. The molecular weight excluding hydrogens is 280 g/mol. The first-order valence-corrected chi connectivity index (χ1v) is 6.86. The molecule has 1 aromatic rings. The summed E-state index contributed by atoms with van der Waals surface area (Å²) in [5.41, 5.74) is 1.07. The number of halogens is 1. The van der Waals surface area contributed by atoms with Crippen LogP contribution >= 0.6 is 15.9 Å². The Morgan fingerprint density at radius 2 is 2.24 bits per heavy atom. The molecule has 3 nitrogen and oxygen atoms in total. The van der Waals surface area contributed by atoms with Crippen LogP contribution in [0.1, 0.15) is 26.0 Å². The smallest absolute Gasteiger partial charge is 0.0542 e. The van der Waals surface area contributed by atoms with E-state index in [0.29, 0.717) is 5.92 Å². The molecule has 1 N–H and O–H groups in total. The van der Waals surface area contributed by atoms with Gasteiger partial charge in [-0.3, -0.25) is 4.98 Å². The van der Waals surface area contributed by atoms with E-state index in [0.717, 1.165) is 42.9 Å². The van der Waals surface area contributed by atoms with Crippen LogP contribution in [0.5, 0.6) is 0 Å². The van der Waals surface area contributed by atoms with E-state index in [9.17, 15) is 0 Å². The zero-order valence-electron chi connectivity index (χ0n) is 10.6. The predicted molar refractivity (Wildman–Crippen MR) is 73.9 cm³/mol. The molecule has 17 heavy (non-hydrogen) atoms. The number of hydrogen-bond donors (Lipinski definition) is 1. The molecule has 0 bridgehead atoms. The summed E-state index contributed by atoms with van der Waals surface area (Å²) in [6.45, 7) is 7.80. The van der Waals surface area contributed by atoms with E-state index in [1.165, 1.54) is 0 Å². The molecule has 1 heterocycles. The number of hydrogen-bond acceptors (Lipinski definition) is 3. The van der Waals surface area contributed by atoms with Crippen LogP contribution in [0.2, 0.25) is 0 Å². The summed E-state index contributed by atoms with van der Waals surface area (Å²) >= 11 is 3.37. The Bertz CT molecular complexity index is 301. The van der Waals surface area contributed by atoms with Gasteiger partial charge in [-0.05, 0) is 46.9 Å². The van der Waals surface area contributed by atoms with Crippen molar-refractivity contribution in [2.45, 2.75) is 26.8 Å². The molecule has 0 amide bonds. The van der Waals surface area contributed by atoms with Gasteiger partial charge in [0, 0.05) is 30.4 Å². The third-order valence-corrected chi connectivity index (χ3v) is 2.66. The van der Waals surface area contributed by atoms with Gasteiger partial charge in [0.2, 0.25) is 0 Å². The van der Waals surface area contributed by atoms with Gasteiger partial charge < -0.3 is 10.1 Å². The van der Waals surface area contributed by atoms with Crippen molar-refractivity contribution in [1.82, 2.24) is 10.3 Å². The maximum atomic E-state index is 5.50. The minimum absolute atomic E-state index is 0.620. The van der Waals surface area contributed by atoms with Gasteiger partial charge in [-0.1, -0.05) is 13.8 Å². The van der Waals surface area contributed by atoms with E-state index in [4.69, 9.17) is 4.74 Å². The number of nitrogens with zero attached hydrogens (tertiary/aromatic N) is 1. The van der Waals surface area contributed by atoms with Crippen molar-refractivity contribution in [1.29, 1.82) is 0 Å². The fourth-order valence-corrected chi connectivity index (χ4v) is 1.58. The number of rotatable bonds is 8. The molecule has 1 rings (SSSR count). The lowest BCUT2D eigenvalue weighted by atomic mass is 10.2. The fourth-order valence-electron chi connectivity index (χ4n) is 1.35. The van der Waals surface area contributed by atoms with Crippen molar-refractivity contribution >= 4 is 15.9 Å². The first kappa shape index (κ1) is 14.6. The Hall–Kier alpha value is -0.450. The summed E-state index contributed by atoms with van der Waals surface area (Å²) in [6.07, 6.45) is 2.87. The Kier molecular flexibility index (Phi) is 7.40. The van der Waals surface area contributed by atoms with E-state index >= 15 is 0 Å². The zero-order valence-corrected chi connectivity index (χ0v) is 12.2. The molecule has 0 saturated heterocycles. The molecular formula is C13H21BrN2O. The second kappa shape index (κ2) is 8.61. The third-order valence-electron chi connectivity index (χ3n) is 2.19. The Morgan fingerprint density at radius 1 is 1.41 bits per heavy atom. The summed E-state index contributed by atoms with van der Waals surface area (Å²) < 4.78 is 6.52. The van der Waals surface area contributed by atoms with Crippen molar-refractivity contribution in [3.05, 3.63) is 28.5 Å². The van der Waals surface area contributed by atoms with Crippen LogP contribution in [0.4, 0.5) is 0 Å². The molecule has 0 aliphatic carbocycles. The van der Waals surface area contributed by atoms with Gasteiger partial charge >= 0.3 is 0 Å². The van der Waals surface area contributed by atoms with Gasteiger partial charge in [0.05, 0.1) is 5.69 Å². The largest absolute Gasteiger partial charge is 0.381 e. The molecule has 0 saturated carbocycles. The highest BCUT2D eigenvalue weighted by Gasteiger charge is 1.95. The van der Waals surface area contributed by atoms with Gasteiger partial charge in [-0.2, -0.15) is 0 Å². The number of ether oxygens (including phenoxy) is 1. The van der Waals surface area contributed by atoms with Crippen LogP contribution in [0, 0.1) is 5.92 Å². The van der Waals surface area contributed by atoms with Gasteiger partial charge in [-0.25, -0.2) is 0 Å². The van der Waals surface area contributed by atoms with E-state index in [1.54, 1.807) is 0 Å². The van der Waals surface area contributed by atoms with Crippen LogP contribution < -0.4 is 5.32 Å².